The van der Waals surface area contributed by atoms with Gasteiger partial charge in [0.15, 0.2) is 0 Å². The Morgan fingerprint density at radius 1 is 1.07 bits per heavy atom. The molecular formula is C22H22N2O3S. The summed E-state index contributed by atoms with van der Waals surface area (Å²) in [6, 6.07) is 13.4. The molecule has 5 nitrogen and oxygen atoms in total. The van der Waals surface area contributed by atoms with Gasteiger partial charge in [0.25, 0.3) is 5.56 Å². The first-order valence-corrected chi connectivity index (χ1v) is 10.1. The Bertz CT molecular complexity index is 1310. The van der Waals surface area contributed by atoms with Crippen molar-refractivity contribution in [1.29, 1.82) is 0 Å². The number of hydrogen-bond acceptors (Lipinski definition) is 4. The van der Waals surface area contributed by atoms with Gasteiger partial charge in [0.05, 0.1) is 5.39 Å². The number of fused-ring (bicyclic) bond motifs is 2. The zero-order valence-corrected chi connectivity index (χ0v) is 16.9. The number of thiophene rings is 1. The SMILES string of the molecule is CC(C)Cn1c(=O)n(C)c(=O)c2cc(Cc3c(O)ccc4ccccc34)sc21. The van der Waals surface area contributed by atoms with E-state index in [4.69, 9.17) is 0 Å². The molecule has 144 valence electrons. The number of phenols is 1. The van der Waals surface area contributed by atoms with E-state index >= 15 is 0 Å². The monoisotopic (exact) mass is 394 g/mol. The summed E-state index contributed by atoms with van der Waals surface area (Å²) in [5.74, 6) is 0.523. The van der Waals surface area contributed by atoms with E-state index in [0.717, 1.165) is 21.2 Å². The molecule has 0 saturated carbocycles. The molecule has 0 aliphatic carbocycles. The van der Waals surface area contributed by atoms with Crippen LogP contribution in [0.3, 0.4) is 0 Å². The van der Waals surface area contributed by atoms with Gasteiger partial charge in [-0.25, -0.2) is 4.79 Å². The summed E-state index contributed by atoms with van der Waals surface area (Å²) in [6.45, 7) is 4.65. The predicted octanol–water partition coefficient (Wildman–Crippen LogP) is 3.87. The largest absolute Gasteiger partial charge is 0.508 e. The first-order valence-electron chi connectivity index (χ1n) is 9.28. The molecular weight excluding hydrogens is 372 g/mol. The molecule has 0 spiro atoms. The lowest BCUT2D eigenvalue weighted by Gasteiger charge is -2.11. The van der Waals surface area contributed by atoms with E-state index in [2.05, 4.69) is 0 Å². The molecule has 0 saturated heterocycles. The minimum absolute atomic E-state index is 0.239. The van der Waals surface area contributed by atoms with Crippen LogP contribution in [0.4, 0.5) is 0 Å². The number of aromatic nitrogens is 2. The van der Waals surface area contributed by atoms with Crippen LogP contribution in [0.15, 0.2) is 52.1 Å². The molecule has 0 bridgehead atoms. The van der Waals surface area contributed by atoms with Crippen LogP contribution in [0.25, 0.3) is 21.0 Å². The lowest BCUT2D eigenvalue weighted by molar-refractivity contribution is 0.471. The van der Waals surface area contributed by atoms with Crippen molar-refractivity contribution >= 4 is 32.3 Å². The molecule has 4 aromatic rings. The topological polar surface area (TPSA) is 64.2 Å². The van der Waals surface area contributed by atoms with Crippen molar-refractivity contribution in [2.75, 3.05) is 0 Å². The predicted molar refractivity (Wildman–Crippen MR) is 115 cm³/mol. The van der Waals surface area contributed by atoms with Crippen LogP contribution in [-0.2, 0) is 20.0 Å². The number of aromatic hydroxyl groups is 1. The molecule has 2 aromatic carbocycles. The molecule has 2 aromatic heterocycles. The maximum atomic E-state index is 12.6. The third kappa shape index (κ3) is 3.03. The average molecular weight is 394 g/mol. The molecule has 0 aliphatic heterocycles. The Balaban J connectivity index is 1.90. The summed E-state index contributed by atoms with van der Waals surface area (Å²) in [6.07, 6.45) is 0.506. The van der Waals surface area contributed by atoms with Crippen molar-refractivity contribution in [2.24, 2.45) is 13.0 Å². The van der Waals surface area contributed by atoms with Crippen molar-refractivity contribution < 1.29 is 5.11 Å². The summed E-state index contributed by atoms with van der Waals surface area (Å²) < 4.78 is 2.87. The molecule has 0 atom stereocenters. The summed E-state index contributed by atoms with van der Waals surface area (Å²) in [7, 11) is 1.52. The fourth-order valence-corrected chi connectivity index (χ4v) is 4.78. The highest BCUT2D eigenvalue weighted by Gasteiger charge is 2.17. The molecule has 28 heavy (non-hydrogen) atoms. The number of rotatable bonds is 4. The maximum Gasteiger partial charge on any atom is 0.331 e. The van der Waals surface area contributed by atoms with Crippen LogP contribution in [0.5, 0.6) is 5.75 Å². The Labute approximate surface area is 166 Å². The van der Waals surface area contributed by atoms with E-state index in [1.54, 1.807) is 10.6 Å². The maximum absolute atomic E-state index is 12.6. The van der Waals surface area contributed by atoms with Gasteiger partial charge in [-0.3, -0.25) is 13.9 Å². The number of nitrogens with zero attached hydrogens (tertiary/aromatic N) is 2. The van der Waals surface area contributed by atoms with Gasteiger partial charge in [-0.15, -0.1) is 11.3 Å². The molecule has 0 radical (unpaired) electrons. The quantitative estimate of drug-likeness (QED) is 0.572. The minimum Gasteiger partial charge on any atom is -0.508 e. The molecule has 0 amide bonds. The van der Waals surface area contributed by atoms with Crippen LogP contribution in [-0.4, -0.2) is 14.2 Å². The van der Waals surface area contributed by atoms with Crippen molar-refractivity contribution in [3.05, 3.63) is 73.7 Å². The van der Waals surface area contributed by atoms with Gasteiger partial charge in [-0.05, 0) is 28.8 Å². The van der Waals surface area contributed by atoms with Crippen LogP contribution < -0.4 is 11.2 Å². The third-order valence-corrected chi connectivity index (χ3v) is 6.13. The van der Waals surface area contributed by atoms with E-state index < -0.39 is 0 Å². The Morgan fingerprint density at radius 2 is 1.82 bits per heavy atom. The highest BCUT2D eigenvalue weighted by Crippen LogP contribution is 2.32. The van der Waals surface area contributed by atoms with Crippen LogP contribution >= 0.6 is 11.3 Å². The van der Waals surface area contributed by atoms with Gasteiger partial charge >= 0.3 is 5.69 Å². The summed E-state index contributed by atoms with van der Waals surface area (Å²) in [5, 5.41) is 13.1. The lowest BCUT2D eigenvalue weighted by Crippen LogP contribution is -2.38. The zero-order valence-electron chi connectivity index (χ0n) is 16.1. The fourth-order valence-electron chi connectivity index (χ4n) is 3.62. The first kappa shape index (κ1) is 18.5. The molecule has 1 N–H and O–H groups in total. The number of hydrogen-bond donors (Lipinski definition) is 1. The summed E-state index contributed by atoms with van der Waals surface area (Å²) in [4.78, 5) is 26.9. The van der Waals surface area contributed by atoms with Crippen molar-refractivity contribution in [2.45, 2.75) is 26.8 Å². The summed E-state index contributed by atoms with van der Waals surface area (Å²) >= 11 is 1.45. The van der Waals surface area contributed by atoms with E-state index in [1.807, 2.05) is 50.2 Å². The second-order valence-corrected chi connectivity index (χ2v) is 8.66. The second-order valence-electron chi connectivity index (χ2n) is 7.54. The summed E-state index contributed by atoms with van der Waals surface area (Å²) in [5.41, 5.74) is 0.275. The van der Waals surface area contributed by atoms with Crippen LogP contribution in [0.1, 0.15) is 24.3 Å². The zero-order chi connectivity index (χ0) is 20.0. The lowest BCUT2D eigenvalue weighted by atomic mass is 10.0. The van der Waals surface area contributed by atoms with Gasteiger partial charge in [0.1, 0.15) is 10.6 Å². The van der Waals surface area contributed by atoms with Crippen molar-refractivity contribution in [3.8, 4) is 5.75 Å². The minimum atomic E-state index is -0.285. The first-order chi connectivity index (χ1) is 13.4. The third-order valence-electron chi connectivity index (χ3n) is 4.98. The molecule has 6 heteroatoms. The fraction of sp³-hybridized carbons (Fsp3) is 0.273. The Morgan fingerprint density at radius 3 is 2.57 bits per heavy atom. The van der Waals surface area contributed by atoms with Gasteiger partial charge in [0.2, 0.25) is 0 Å². The molecule has 2 heterocycles. The number of benzene rings is 2. The molecule has 4 rings (SSSR count). The average Bonchev–Trinajstić information content (AvgIpc) is 3.09. The Hall–Kier alpha value is -2.86. The van der Waals surface area contributed by atoms with Crippen LogP contribution in [0.2, 0.25) is 0 Å². The van der Waals surface area contributed by atoms with Crippen LogP contribution in [0, 0.1) is 5.92 Å². The van der Waals surface area contributed by atoms with E-state index in [0.29, 0.717) is 23.2 Å². The smallest absolute Gasteiger partial charge is 0.331 e. The van der Waals surface area contributed by atoms with Gasteiger partial charge in [-0.1, -0.05) is 44.2 Å². The van der Waals surface area contributed by atoms with Gasteiger partial charge < -0.3 is 5.11 Å². The van der Waals surface area contributed by atoms with E-state index in [9.17, 15) is 14.7 Å². The molecule has 0 aliphatic rings. The second kappa shape index (κ2) is 6.95. The van der Waals surface area contributed by atoms with Crippen molar-refractivity contribution in [1.82, 2.24) is 9.13 Å². The van der Waals surface area contributed by atoms with Gasteiger partial charge in [-0.2, -0.15) is 0 Å². The highest BCUT2D eigenvalue weighted by atomic mass is 32.1. The molecule has 0 unspecified atom stereocenters. The van der Waals surface area contributed by atoms with Gasteiger partial charge in [0, 0.05) is 30.5 Å². The van der Waals surface area contributed by atoms with E-state index in [-0.39, 0.29) is 22.9 Å². The van der Waals surface area contributed by atoms with E-state index in [1.165, 1.54) is 23.0 Å². The Kier molecular flexibility index (Phi) is 4.59. The van der Waals surface area contributed by atoms with Crippen molar-refractivity contribution in [3.63, 3.8) is 0 Å². The standard InChI is InChI=1S/C22H22N2O3S/c1-13(2)12-24-21-18(20(26)23(3)22(24)27)11-15(28-21)10-17-16-7-5-4-6-14(16)8-9-19(17)25/h4-9,11,13,25H,10,12H2,1-3H3. The normalized spacial score (nSPS) is 11.7. The highest BCUT2D eigenvalue weighted by molar-refractivity contribution is 7.18. The number of phenolic OH excluding ortho intramolecular Hbond substituents is 1. The molecule has 0 fully saturated rings.